The predicted molar refractivity (Wildman–Crippen MR) is 49.1 cm³/mol. The van der Waals surface area contributed by atoms with Crippen LogP contribution < -0.4 is 15.5 Å². The second-order valence-electron chi connectivity index (χ2n) is 2.98. The third-order valence-corrected chi connectivity index (χ3v) is 2.01. The summed E-state index contributed by atoms with van der Waals surface area (Å²) < 4.78 is 4.85. The summed E-state index contributed by atoms with van der Waals surface area (Å²) in [5, 5.41) is 20.3. The zero-order valence-electron chi connectivity index (χ0n) is 7.23. The molecule has 0 aromatic heterocycles. The van der Waals surface area contributed by atoms with Crippen molar-refractivity contribution in [1.29, 1.82) is 0 Å². The molecule has 0 fully saturated rings. The van der Waals surface area contributed by atoms with Crippen LogP contribution in [0.4, 0.5) is 4.79 Å². The number of fused-ring (bicyclic) bond motifs is 1. The van der Waals surface area contributed by atoms with Gasteiger partial charge in [0.05, 0.1) is 0 Å². The molecule has 5 nitrogen and oxygen atoms in total. The number of rotatable bonds is 1. The Morgan fingerprint density at radius 1 is 1.43 bits per heavy atom. The first-order chi connectivity index (χ1) is 6.66. The van der Waals surface area contributed by atoms with Crippen LogP contribution in [-0.4, -0.2) is 23.3 Å². The Kier molecular flexibility index (Phi) is 2.15. The van der Waals surface area contributed by atoms with E-state index in [-0.39, 0.29) is 0 Å². The molecule has 0 saturated heterocycles. The molecule has 1 aliphatic rings. The number of benzene rings is 1. The molecule has 0 unspecified atom stereocenters. The van der Waals surface area contributed by atoms with Crippen molar-refractivity contribution in [2.75, 3.05) is 0 Å². The molecule has 1 amide bonds. The van der Waals surface area contributed by atoms with Crippen LogP contribution in [0.5, 0.6) is 5.75 Å². The van der Waals surface area contributed by atoms with Gasteiger partial charge in [-0.2, -0.15) is 0 Å². The average molecular weight is 193 g/mol. The Balaban J connectivity index is 2.36. The lowest BCUT2D eigenvalue weighted by Crippen LogP contribution is -2.34. The maximum Gasteiger partial charge on any atom is 0.488 e. The zero-order valence-corrected chi connectivity index (χ0v) is 7.23. The quantitative estimate of drug-likeness (QED) is 0.498. The Hall–Kier alpha value is -1.53. The Morgan fingerprint density at radius 2 is 2.21 bits per heavy atom. The van der Waals surface area contributed by atoms with E-state index in [1.54, 1.807) is 12.1 Å². The molecule has 14 heavy (non-hydrogen) atoms. The number of carbonyl (C=O) groups is 1. The lowest BCUT2D eigenvalue weighted by molar-refractivity contribution is 0.194. The minimum Gasteiger partial charge on any atom is -0.423 e. The van der Waals surface area contributed by atoms with Gasteiger partial charge in [0.1, 0.15) is 5.75 Å². The number of amides is 1. The molecule has 0 radical (unpaired) electrons. The third kappa shape index (κ3) is 1.57. The molecule has 1 aliphatic heterocycles. The molecule has 0 atom stereocenters. The summed E-state index contributed by atoms with van der Waals surface area (Å²) in [7, 11) is -1.50. The number of hydrogen-bond donors (Lipinski definition) is 3. The smallest absolute Gasteiger partial charge is 0.423 e. The molecule has 0 spiro atoms. The fourth-order valence-electron chi connectivity index (χ4n) is 1.30. The first-order valence-electron chi connectivity index (χ1n) is 4.11. The largest absolute Gasteiger partial charge is 0.488 e. The summed E-state index contributed by atoms with van der Waals surface area (Å²) in [6.07, 6.45) is -0.491. The van der Waals surface area contributed by atoms with Crippen LogP contribution in [0.3, 0.4) is 0 Å². The summed E-state index contributed by atoms with van der Waals surface area (Å²) in [6.45, 7) is 0.342. The van der Waals surface area contributed by atoms with Gasteiger partial charge in [0.15, 0.2) is 0 Å². The van der Waals surface area contributed by atoms with Crippen molar-refractivity contribution < 1.29 is 19.6 Å². The fourth-order valence-corrected chi connectivity index (χ4v) is 1.30. The third-order valence-electron chi connectivity index (χ3n) is 2.01. The molecular formula is C8H8BNO4. The minimum absolute atomic E-state index is 0.342. The molecule has 0 aliphatic carbocycles. The summed E-state index contributed by atoms with van der Waals surface area (Å²) >= 11 is 0. The van der Waals surface area contributed by atoms with E-state index in [4.69, 9.17) is 14.8 Å². The highest BCUT2D eigenvalue weighted by Gasteiger charge is 2.19. The second kappa shape index (κ2) is 3.32. The van der Waals surface area contributed by atoms with E-state index in [9.17, 15) is 4.79 Å². The summed E-state index contributed by atoms with van der Waals surface area (Å²) in [5.74, 6) is 0.457. The first kappa shape index (κ1) is 9.05. The molecule has 3 N–H and O–H groups in total. The summed E-state index contributed by atoms with van der Waals surface area (Å²) in [6, 6.07) is 4.63. The van der Waals surface area contributed by atoms with Crippen LogP contribution in [-0.2, 0) is 6.54 Å². The SMILES string of the molecule is O=C1NCc2cc(B(O)O)ccc2O1. The van der Waals surface area contributed by atoms with Crippen molar-refractivity contribution in [2.45, 2.75) is 6.54 Å². The highest BCUT2D eigenvalue weighted by Crippen LogP contribution is 2.19. The van der Waals surface area contributed by atoms with Gasteiger partial charge in [0.25, 0.3) is 0 Å². The van der Waals surface area contributed by atoms with E-state index >= 15 is 0 Å². The predicted octanol–water partition coefficient (Wildman–Crippen LogP) is -1.03. The summed E-state index contributed by atoms with van der Waals surface area (Å²) in [5.41, 5.74) is 1.11. The molecule has 2 rings (SSSR count). The lowest BCUT2D eigenvalue weighted by atomic mass is 9.79. The maximum absolute atomic E-state index is 10.8. The van der Waals surface area contributed by atoms with Crippen LogP contribution in [0.25, 0.3) is 0 Å². The van der Waals surface area contributed by atoms with Gasteiger partial charge in [-0.15, -0.1) is 0 Å². The van der Waals surface area contributed by atoms with Gasteiger partial charge >= 0.3 is 13.2 Å². The molecule has 6 heteroatoms. The number of carbonyl (C=O) groups excluding carboxylic acids is 1. The van der Waals surface area contributed by atoms with E-state index in [0.29, 0.717) is 17.8 Å². The van der Waals surface area contributed by atoms with Gasteiger partial charge in [-0.3, -0.25) is 0 Å². The van der Waals surface area contributed by atoms with Crippen molar-refractivity contribution in [3.8, 4) is 5.75 Å². The Morgan fingerprint density at radius 3 is 2.93 bits per heavy atom. The van der Waals surface area contributed by atoms with E-state index in [1.165, 1.54) is 6.07 Å². The standard InChI is InChI=1S/C8H8BNO4/c11-8-10-4-5-3-6(9(12)13)1-2-7(5)14-8/h1-3,12-13H,4H2,(H,10,11). The van der Waals surface area contributed by atoms with E-state index in [1.807, 2.05) is 0 Å². The Bertz CT molecular complexity index is 380. The zero-order chi connectivity index (χ0) is 10.1. The highest BCUT2D eigenvalue weighted by atomic mass is 16.6. The number of hydrogen-bond acceptors (Lipinski definition) is 4. The van der Waals surface area contributed by atoms with Crippen molar-refractivity contribution >= 4 is 18.7 Å². The second-order valence-corrected chi connectivity index (χ2v) is 2.98. The lowest BCUT2D eigenvalue weighted by Gasteiger charge is -2.17. The normalized spacial score (nSPS) is 14.0. The summed E-state index contributed by atoms with van der Waals surface area (Å²) in [4.78, 5) is 10.8. The van der Waals surface area contributed by atoms with Crippen LogP contribution >= 0.6 is 0 Å². The van der Waals surface area contributed by atoms with Gasteiger partial charge in [0.2, 0.25) is 0 Å². The van der Waals surface area contributed by atoms with Crippen molar-refractivity contribution in [2.24, 2.45) is 0 Å². The van der Waals surface area contributed by atoms with Crippen LogP contribution in [0.15, 0.2) is 18.2 Å². The fraction of sp³-hybridized carbons (Fsp3) is 0.125. The molecule has 0 saturated carbocycles. The molecule has 1 aromatic carbocycles. The van der Waals surface area contributed by atoms with Crippen LogP contribution in [0.2, 0.25) is 0 Å². The van der Waals surface area contributed by atoms with Crippen LogP contribution in [0.1, 0.15) is 5.56 Å². The van der Waals surface area contributed by atoms with Gasteiger partial charge in [-0.25, -0.2) is 4.79 Å². The van der Waals surface area contributed by atoms with Gasteiger partial charge in [0, 0.05) is 12.1 Å². The van der Waals surface area contributed by atoms with E-state index in [2.05, 4.69) is 5.32 Å². The number of nitrogens with one attached hydrogen (secondary N) is 1. The van der Waals surface area contributed by atoms with Gasteiger partial charge in [-0.05, 0) is 11.5 Å². The number of ether oxygens (including phenoxy) is 1. The monoisotopic (exact) mass is 193 g/mol. The molecule has 1 heterocycles. The van der Waals surface area contributed by atoms with E-state index < -0.39 is 13.2 Å². The molecule has 1 aromatic rings. The Labute approximate surface area is 80.5 Å². The van der Waals surface area contributed by atoms with Crippen molar-refractivity contribution in [3.05, 3.63) is 23.8 Å². The highest BCUT2D eigenvalue weighted by molar-refractivity contribution is 6.58. The topological polar surface area (TPSA) is 78.8 Å². The van der Waals surface area contributed by atoms with Crippen molar-refractivity contribution in [1.82, 2.24) is 5.32 Å². The van der Waals surface area contributed by atoms with Gasteiger partial charge in [-0.1, -0.05) is 12.1 Å². The van der Waals surface area contributed by atoms with Crippen molar-refractivity contribution in [3.63, 3.8) is 0 Å². The molecule has 0 bridgehead atoms. The average Bonchev–Trinajstić information content (AvgIpc) is 2.16. The molecular weight excluding hydrogens is 185 g/mol. The maximum atomic E-state index is 10.8. The van der Waals surface area contributed by atoms with Gasteiger partial charge < -0.3 is 20.1 Å². The van der Waals surface area contributed by atoms with E-state index in [0.717, 1.165) is 5.56 Å². The van der Waals surface area contributed by atoms with Crippen LogP contribution in [0, 0.1) is 0 Å². The first-order valence-corrected chi connectivity index (χ1v) is 4.11. The molecule has 72 valence electrons. The minimum atomic E-state index is -1.50.